The molecule has 0 radical (unpaired) electrons. The fourth-order valence-electron chi connectivity index (χ4n) is 3.59. The summed E-state index contributed by atoms with van der Waals surface area (Å²) in [6.07, 6.45) is 1.84. The first-order valence-corrected chi connectivity index (χ1v) is 10.1. The molecule has 0 spiro atoms. The molecule has 2 aromatic carbocycles. The van der Waals surface area contributed by atoms with Gasteiger partial charge in [0.2, 0.25) is 0 Å². The van der Waals surface area contributed by atoms with Crippen LogP contribution in [0.5, 0.6) is 5.75 Å². The van der Waals surface area contributed by atoms with E-state index in [0.717, 1.165) is 52.8 Å². The average Bonchev–Trinajstić information content (AvgIpc) is 2.70. The number of pyridine rings is 1. The zero-order valence-corrected chi connectivity index (χ0v) is 17.2. The molecule has 0 atom stereocenters. The minimum absolute atomic E-state index is 0.152. The Morgan fingerprint density at radius 3 is 2.79 bits per heavy atom. The van der Waals surface area contributed by atoms with E-state index in [-0.39, 0.29) is 11.3 Å². The van der Waals surface area contributed by atoms with E-state index in [1.54, 1.807) is 12.1 Å². The van der Waals surface area contributed by atoms with Crippen molar-refractivity contribution < 1.29 is 15.0 Å². The van der Waals surface area contributed by atoms with Crippen LogP contribution in [0.2, 0.25) is 0 Å². The van der Waals surface area contributed by atoms with Crippen molar-refractivity contribution in [3.8, 4) is 5.75 Å². The van der Waals surface area contributed by atoms with Crippen molar-refractivity contribution >= 4 is 44.2 Å². The summed E-state index contributed by atoms with van der Waals surface area (Å²) < 4.78 is 0.906. The lowest BCUT2D eigenvalue weighted by molar-refractivity contribution is 0.0695. The maximum Gasteiger partial charge on any atom is 0.341 e. The molecular weight excluding hydrogens is 436 g/mol. The summed E-state index contributed by atoms with van der Waals surface area (Å²) in [5, 5.41) is 27.2. The van der Waals surface area contributed by atoms with Crippen molar-refractivity contribution in [2.24, 2.45) is 0 Å². The van der Waals surface area contributed by atoms with Crippen LogP contribution in [-0.4, -0.2) is 52.2 Å². The molecule has 0 unspecified atom stereocenters. The topological polar surface area (TPSA) is 97.7 Å². The smallest absolute Gasteiger partial charge is 0.341 e. The first-order chi connectivity index (χ1) is 14.0. The molecule has 0 saturated carbocycles. The van der Waals surface area contributed by atoms with E-state index < -0.39 is 5.97 Å². The molecule has 0 bridgehead atoms. The number of halogens is 1. The Hall–Kier alpha value is -2.68. The number of aromatic hydroxyl groups is 1. The van der Waals surface area contributed by atoms with E-state index in [9.17, 15) is 15.0 Å². The van der Waals surface area contributed by atoms with E-state index in [2.05, 4.69) is 36.4 Å². The third-order valence-electron chi connectivity index (χ3n) is 5.03. The first kappa shape index (κ1) is 19.6. The Labute approximate surface area is 176 Å². The lowest BCUT2D eigenvalue weighted by Crippen LogP contribution is -2.43. The number of phenols is 1. The number of hydrogen-bond acceptors (Lipinski definition) is 6. The van der Waals surface area contributed by atoms with Gasteiger partial charge in [-0.15, -0.1) is 0 Å². The van der Waals surface area contributed by atoms with Gasteiger partial charge in [0.05, 0.1) is 16.9 Å². The fourth-order valence-corrected chi connectivity index (χ4v) is 3.95. The number of benzene rings is 2. The van der Waals surface area contributed by atoms with Crippen LogP contribution in [0.1, 0.15) is 15.9 Å². The molecule has 1 saturated heterocycles. The van der Waals surface area contributed by atoms with Gasteiger partial charge >= 0.3 is 5.97 Å². The van der Waals surface area contributed by atoms with Crippen molar-refractivity contribution in [1.29, 1.82) is 0 Å². The SMILES string of the molecule is O=C(O)c1c(O)cccc1Nc1c(CN2CCNCC2)cnc2ccc(Br)cc12. The molecule has 1 fully saturated rings. The van der Waals surface area contributed by atoms with Crippen LogP contribution < -0.4 is 10.6 Å². The molecule has 4 N–H and O–H groups in total. The monoisotopic (exact) mass is 456 g/mol. The first-order valence-electron chi connectivity index (χ1n) is 9.35. The van der Waals surface area contributed by atoms with Crippen molar-refractivity contribution in [2.75, 3.05) is 31.5 Å². The Bertz CT molecular complexity index is 1070. The number of carbonyl (C=O) groups is 1. The summed E-state index contributed by atoms with van der Waals surface area (Å²) in [7, 11) is 0. The summed E-state index contributed by atoms with van der Waals surface area (Å²) in [4.78, 5) is 18.6. The zero-order valence-electron chi connectivity index (χ0n) is 15.7. The van der Waals surface area contributed by atoms with Crippen molar-refractivity contribution in [3.05, 3.63) is 58.2 Å². The van der Waals surface area contributed by atoms with E-state index in [1.807, 2.05) is 24.4 Å². The van der Waals surface area contributed by atoms with Gasteiger partial charge in [0.25, 0.3) is 0 Å². The second-order valence-corrected chi connectivity index (χ2v) is 7.89. The Morgan fingerprint density at radius 2 is 2.03 bits per heavy atom. The van der Waals surface area contributed by atoms with Gasteiger partial charge in [-0.25, -0.2) is 4.79 Å². The predicted molar refractivity (Wildman–Crippen MR) is 116 cm³/mol. The molecule has 150 valence electrons. The van der Waals surface area contributed by atoms with Gasteiger partial charge in [-0.3, -0.25) is 9.88 Å². The Balaban J connectivity index is 1.82. The molecule has 1 aromatic heterocycles. The molecule has 4 rings (SSSR count). The molecular formula is C21H21BrN4O3. The summed E-state index contributed by atoms with van der Waals surface area (Å²) >= 11 is 3.52. The fraction of sp³-hybridized carbons (Fsp3) is 0.238. The Morgan fingerprint density at radius 1 is 1.24 bits per heavy atom. The van der Waals surface area contributed by atoms with Crippen molar-refractivity contribution in [3.63, 3.8) is 0 Å². The minimum atomic E-state index is -1.19. The molecule has 0 aliphatic carbocycles. The number of rotatable bonds is 5. The normalized spacial score (nSPS) is 14.8. The van der Waals surface area contributed by atoms with Crippen molar-refractivity contribution in [1.82, 2.24) is 15.2 Å². The largest absolute Gasteiger partial charge is 0.507 e. The maximum absolute atomic E-state index is 11.7. The molecule has 3 aromatic rings. The summed E-state index contributed by atoms with van der Waals surface area (Å²) in [5.74, 6) is -1.46. The van der Waals surface area contributed by atoms with E-state index in [4.69, 9.17) is 0 Å². The Kier molecular flexibility index (Phi) is 5.66. The number of carboxylic acid groups (broad SMARTS) is 1. The molecule has 1 aliphatic heterocycles. The van der Waals surface area contributed by atoms with Crippen LogP contribution in [0.4, 0.5) is 11.4 Å². The van der Waals surface area contributed by atoms with Crippen molar-refractivity contribution in [2.45, 2.75) is 6.54 Å². The second kappa shape index (κ2) is 8.36. The van der Waals surface area contributed by atoms with Gasteiger partial charge in [0, 0.05) is 54.3 Å². The van der Waals surface area contributed by atoms with Gasteiger partial charge in [0.15, 0.2) is 0 Å². The highest BCUT2D eigenvalue weighted by Gasteiger charge is 2.19. The molecule has 29 heavy (non-hydrogen) atoms. The summed E-state index contributed by atoms with van der Waals surface area (Å²) in [6.45, 7) is 4.43. The van der Waals surface area contributed by atoms with Gasteiger partial charge < -0.3 is 20.8 Å². The second-order valence-electron chi connectivity index (χ2n) is 6.98. The van der Waals surface area contributed by atoms with Crippen LogP contribution in [0.3, 0.4) is 0 Å². The van der Waals surface area contributed by atoms with E-state index >= 15 is 0 Å². The van der Waals surface area contributed by atoms with Gasteiger partial charge in [0.1, 0.15) is 11.3 Å². The predicted octanol–water partition coefficient (Wildman–Crippen LogP) is 3.55. The van der Waals surface area contributed by atoms with E-state index in [0.29, 0.717) is 12.2 Å². The molecule has 2 heterocycles. The number of piperazine rings is 1. The number of nitrogens with zero attached hydrogens (tertiary/aromatic N) is 2. The number of anilines is 2. The van der Waals surface area contributed by atoms with E-state index in [1.165, 1.54) is 6.07 Å². The molecule has 1 aliphatic rings. The number of carboxylic acids is 1. The van der Waals surface area contributed by atoms with Crippen LogP contribution in [0, 0.1) is 0 Å². The van der Waals surface area contributed by atoms with Gasteiger partial charge in [-0.1, -0.05) is 22.0 Å². The third-order valence-corrected chi connectivity index (χ3v) is 5.52. The minimum Gasteiger partial charge on any atom is -0.507 e. The van der Waals surface area contributed by atoms with Gasteiger partial charge in [-0.05, 0) is 30.3 Å². The average molecular weight is 457 g/mol. The summed E-state index contributed by atoms with van der Waals surface area (Å²) in [6, 6.07) is 10.5. The lowest BCUT2D eigenvalue weighted by Gasteiger charge is -2.28. The summed E-state index contributed by atoms with van der Waals surface area (Å²) in [5.41, 5.74) is 2.75. The molecule has 0 amide bonds. The quantitative estimate of drug-likeness (QED) is 0.465. The number of hydrogen-bond donors (Lipinski definition) is 4. The number of nitrogens with one attached hydrogen (secondary N) is 2. The van der Waals surface area contributed by atoms with Gasteiger partial charge in [-0.2, -0.15) is 0 Å². The van der Waals surface area contributed by atoms with Crippen LogP contribution >= 0.6 is 15.9 Å². The highest BCUT2D eigenvalue weighted by molar-refractivity contribution is 9.10. The van der Waals surface area contributed by atoms with Crippen LogP contribution in [0.25, 0.3) is 10.9 Å². The highest BCUT2D eigenvalue weighted by Crippen LogP contribution is 2.35. The number of aromatic nitrogens is 1. The zero-order chi connectivity index (χ0) is 20.4. The molecule has 7 nitrogen and oxygen atoms in total. The number of fused-ring (bicyclic) bond motifs is 1. The standard InChI is InChI=1S/C21H21BrN4O3/c22-14-4-5-16-15(10-14)20(13(11-24-16)12-26-8-6-23-7-9-26)25-17-2-1-3-18(27)19(17)21(28)29/h1-5,10-11,23,27H,6-9,12H2,(H,24,25)(H,28,29). The third kappa shape index (κ3) is 4.19. The molecule has 8 heteroatoms. The van der Waals surface area contributed by atoms with Crippen LogP contribution in [-0.2, 0) is 6.54 Å². The van der Waals surface area contributed by atoms with Crippen LogP contribution in [0.15, 0.2) is 47.1 Å². The highest BCUT2D eigenvalue weighted by atomic mass is 79.9. The lowest BCUT2D eigenvalue weighted by atomic mass is 10.1. The number of aromatic carboxylic acids is 1. The maximum atomic E-state index is 11.7.